The van der Waals surface area contributed by atoms with E-state index in [1.807, 2.05) is 0 Å². The van der Waals surface area contributed by atoms with Crippen LogP contribution in [0.1, 0.15) is 23.3 Å². The Morgan fingerprint density at radius 1 is 1.06 bits per heavy atom. The molecule has 2 aliphatic rings. The monoisotopic (exact) mass is 514 g/mol. The maximum Gasteiger partial charge on any atom is 0.344 e. The van der Waals surface area contributed by atoms with Crippen molar-refractivity contribution in [2.75, 3.05) is 18.1 Å². The third kappa shape index (κ3) is 4.25. The highest BCUT2D eigenvalue weighted by Crippen LogP contribution is 2.53. The molecule has 3 atom stereocenters. The van der Waals surface area contributed by atoms with Gasteiger partial charge in [-0.25, -0.2) is 14.1 Å². The number of imide groups is 1. The first kappa shape index (κ1) is 23.3. The first-order valence-corrected chi connectivity index (χ1v) is 12.5. The van der Waals surface area contributed by atoms with Crippen molar-refractivity contribution in [3.63, 3.8) is 0 Å². The minimum absolute atomic E-state index is 0.235. The zero-order chi connectivity index (χ0) is 24.7. The number of carbonyl (C=O) groups is 3. The van der Waals surface area contributed by atoms with E-state index in [1.165, 1.54) is 36.0 Å². The molecule has 0 bridgehead atoms. The lowest BCUT2D eigenvalue weighted by Crippen LogP contribution is -2.32. The molecule has 1 aromatic heterocycles. The van der Waals surface area contributed by atoms with Crippen LogP contribution in [-0.4, -0.2) is 41.2 Å². The predicted octanol–water partition coefficient (Wildman–Crippen LogP) is 3.31. The van der Waals surface area contributed by atoms with Crippen molar-refractivity contribution >= 4 is 46.6 Å². The minimum atomic E-state index is -0.747. The average molecular weight is 515 g/mol. The van der Waals surface area contributed by atoms with Crippen molar-refractivity contribution < 1.29 is 28.2 Å². The van der Waals surface area contributed by atoms with Crippen molar-refractivity contribution in [2.24, 2.45) is 5.92 Å². The Bertz CT molecular complexity index is 1350. The highest BCUT2D eigenvalue weighted by atomic mass is 32.2. The SMILES string of the molecule is CCOC(=O)COc1ccc([C@@H]2c3sc(=O)[nH]c3S[C@H]3C(=O)N(c4ccc(F)cc4)C(=O)[C@@H]23)cc1. The van der Waals surface area contributed by atoms with Gasteiger partial charge < -0.3 is 14.5 Å². The number of hydrogen-bond acceptors (Lipinski definition) is 8. The number of amides is 2. The van der Waals surface area contributed by atoms with Gasteiger partial charge in [0.2, 0.25) is 11.8 Å². The van der Waals surface area contributed by atoms with E-state index >= 15 is 0 Å². The molecule has 11 heteroatoms. The molecule has 3 aromatic rings. The zero-order valence-corrected chi connectivity index (χ0v) is 20.0. The van der Waals surface area contributed by atoms with Gasteiger partial charge in [-0.1, -0.05) is 35.2 Å². The van der Waals surface area contributed by atoms with Crippen molar-refractivity contribution in [2.45, 2.75) is 23.1 Å². The van der Waals surface area contributed by atoms with E-state index < -0.39 is 40.7 Å². The van der Waals surface area contributed by atoms with Gasteiger partial charge in [0.05, 0.1) is 23.2 Å². The summed E-state index contributed by atoms with van der Waals surface area (Å²) in [6, 6.07) is 12.0. The highest BCUT2D eigenvalue weighted by Gasteiger charge is 2.56. The molecule has 2 aliphatic heterocycles. The molecule has 2 aromatic carbocycles. The van der Waals surface area contributed by atoms with Crippen LogP contribution in [0.4, 0.5) is 10.1 Å². The second kappa shape index (κ2) is 9.31. The first-order chi connectivity index (χ1) is 16.9. The molecule has 5 rings (SSSR count). The lowest BCUT2D eigenvalue weighted by Gasteiger charge is -2.29. The molecule has 1 saturated heterocycles. The Morgan fingerprint density at radius 3 is 2.46 bits per heavy atom. The maximum absolute atomic E-state index is 13.6. The number of carbonyl (C=O) groups excluding carboxylic acids is 3. The summed E-state index contributed by atoms with van der Waals surface area (Å²) in [5, 5.41) is -0.175. The van der Waals surface area contributed by atoms with Gasteiger partial charge in [-0.3, -0.25) is 14.4 Å². The minimum Gasteiger partial charge on any atom is -0.482 e. The molecular formula is C24H19FN2O6S2. The fraction of sp³-hybridized carbons (Fsp3) is 0.250. The van der Waals surface area contributed by atoms with E-state index in [-0.39, 0.29) is 18.1 Å². The van der Waals surface area contributed by atoms with Crippen LogP contribution in [0.25, 0.3) is 0 Å². The van der Waals surface area contributed by atoms with Crippen molar-refractivity contribution in [3.8, 4) is 5.75 Å². The standard InChI is InChI=1S/C24H19FN2O6S2/c1-2-32-16(28)11-33-15-9-3-12(4-10-15)17-18-20(34-21-19(17)35-24(31)26-21)23(30)27(22(18)29)14-7-5-13(25)6-8-14/h3-10,17-18,20H,2,11H2,1H3,(H,26,31)/t17-,18-,20+/m0/s1. The van der Waals surface area contributed by atoms with Crippen LogP contribution in [0.3, 0.4) is 0 Å². The number of benzene rings is 2. The van der Waals surface area contributed by atoms with E-state index in [0.717, 1.165) is 21.8 Å². The summed E-state index contributed by atoms with van der Waals surface area (Å²) >= 11 is 2.18. The van der Waals surface area contributed by atoms with E-state index in [2.05, 4.69) is 4.98 Å². The molecule has 0 aliphatic carbocycles. The molecule has 0 spiro atoms. The van der Waals surface area contributed by atoms with Gasteiger partial charge in [0.1, 0.15) is 16.8 Å². The number of hydrogen-bond donors (Lipinski definition) is 1. The summed E-state index contributed by atoms with van der Waals surface area (Å²) in [6.45, 7) is 1.73. The second-order valence-electron chi connectivity index (χ2n) is 7.90. The third-order valence-corrected chi connectivity index (χ3v) is 8.21. The lowest BCUT2D eigenvalue weighted by atomic mass is 9.83. The van der Waals surface area contributed by atoms with Gasteiger partial charge in [-0.15, -0.1) is 0 Å². The molecular weight excluding hydrogens is 495 g/mol. The van der Waals surface area contributed by atoms with Crippen LogP contribution in [-0.2, 0) is 19.1 Å². The first-order valence-electron chi connectivity index (χ1n) is 10.8. The summed E-state index contributed by atoms with van der Waals surface area (Å²) in [4.78, 5) is 54.9. The van der Waals surface area contributed by atoms with Crippen LogP contribution in [0.15, 0.2) is 58.4 Å². The Morgan fingerprint density at radius 2 is 1.77 bits per heavy atom. The van der Waals surface area contributed by atoms with Crippen LogP contribution in [0.2, 0.25) is 0 Å². The molecule has 0 radical (unpaired) electrons. The average Bonchev–Trinajstić information content (AvgIpc) is 3.33. The molecule has 8 nitrogen and oxygen atoms in total. The Labute approximate surface area is 207 Å². The largest absolute Gasteiger partial charge is 0.482 e. The Hall–Kier alpha value is -3.44. The Balaban J connectivity index is 1.49. The zero-order valence-electron chi connectivity index (χ0n) is 18.4. The summed E-state index contributed by atoms with van der Waals surface area (Å²) in [5.41, 5.74) is 1.03. The van der Waals surface area contributed by atoms with Crippen molar-refractivity contribution in [1.82, 2.24) is 4.98 Å². The van der Waals surface area contributed by atoms with Crippen LogP contribution in [0.5, 0.6) is 5.75 Å². The molecule has 3 heterocycles. The molecule has 0 unspecified atom stereocenters. The summed E-state index contributed by atoms with van der Waals surface area (Å²) in [6.07, 6.45) is 0. The normalized spacial score (nSPS) is 21.0. The number of rotatable bonds is 6. The van der Waals surface area contributed by atoms with E-state index in [1.54, 1.807) is 31.2 Å². The third-order valence-electron chi connectivity index (χ3n) is 5.81. The highest BCUT2D eigenvalue weighted by molar-refractivity contribution is 8.00. The van der Waals surface area contributed by atoms with Crippen molar-refractivity contribution in [3.05, 3.63) is 74.5 Å². The number of anilines is 1. The van der Waals surface area contributed by atoms with Crippen LogP contribution < -0.4 is 14.5 Å². The number of esters is 1. The number of ether oxygens (including phenoxy) is 2. The fourth-order valence-corrected chi connectivity index (χ4v) is 6.85. The number of thiazole rings is 1. The van der Waals surface area contributed by atoms with Gasteiger partial charge >= 0.3 is 10.8 Å². The quantitative estimate of drug-likeness (QED) is 0.397. The number of nitrogens with zero attached hydrogens (tertiary/aromatic N) is 1. The number of halogens is 1. The molecule has 1 N–H and O–H groups in total. The topological polar surface area (TPSA) is 106 Å². The molecule has 1 fully saturated rings. The summed E-state index contributed by atoms with van der Waals surface area (Å²) in [7, 11) is 0. The number of nitrogens with one attached hydrogen (secondary N) is 1. The number of aromatic amines is 1. The van der Waals surface area contributed by atoms with E-state index in [9.17, 15) is 23.6 Å². The smallest absolute Gasteiger partial charge is 0.344 e. The van der Waals surface area contributed by atoms with Crippen molar-refractivity contribution in [1.29, 1.82) is 0 Å². The van der Waals surface area contributed by atoms with Gasteiger partial charge in [-0.05, 0) is 48.9 Å². The molecule has 0 saturated carbocycles. The number of thioether (sulfide) groups is 1. The fourth-order valence-electron chi connectivity index (χ4n) is 4.34. The lowest BCUT2D eigenvalue weighted by molar-refractivity contribution is -0.145. The molecule has 35 heavy (non-hydrogen) atoms. The number of H-pyrrole nitrogens is 1. The predicted molar refractivity (Wildman–Crippen MR) is 127 cm³/mol. The summed E-state index contributed by atoms with van der Waals surface area (Å²) in [5.74, 6) is -2.62. The van der Waals surface area contributed by atoms with Crippen LogP contribution in [0, 0.1) is 11.7 Å². The van der Waals surface area contributed by atoms with Gasteiger partial charge in [-0.2, -0.15) is 0 Å². The molecule has 180 valence electrons. The number of aromatic nitrogens is 1. The second-order valence-corrected chi connectivity index (χ2v) is 10.1. The summed E-state index contributed by atoms with van der Waals surface area (Å²) < 4.78 is 23.7. The molecule has 2 amide bonds. The number of fused-ring (bicyclic) bond motifs is 2. The van der Waals surface area contributed by atoms with Gasteiger partial charge in [0, 0.05) is 10.8 Å². The maximum atomic E-state index is 13.6. The van der Waals surface area contributed by atoms with E-state index in [0.29, 0.717) is 21.3 Å². The van der Waals surface area contributed by atoms with Gasteiger partial charge in [0.15, 0.2) is 6.61 Å². The van der Waals surface area contributed by atoms with E-state index in [4.69, 9.17) is 9.47 Å². The van der Waals surface area contributed by atoms with Crippen LogP contribution >= 0.6 is 23.1 Å². The Kier molecular flexibility index (Phi) is 6.20. The van der Waals surface area contributed by atoms with Gasteiger partial charge in [0.25, 0.3) is 0 Å².